The van der Waals surface area contributed by atoms with E-state index in [0.29, 0.717) is 16.2 Å². The molecule has 0 bridgehead atoms. The van der Waals surface area contributed by atoms with E-state index >= 15 is 0 Å². The first-order chi connectivity index (χ1) is 13.2. The normalized spacial score (nSPS) is 12.1. The quantitative estimate of drug-likeness (QED) is 0.443. The van der Waals surface area contributed by atoms with Crippen LogP contribution in [-0.4, -0.2) is 4.57 Å². The molecule has 1 aromatic heterocycles. The Morgan fingerprint density at radius 2 is 1.64 bits per heavy atom. The third kappa shape index (κ3) is 3.97. The summed E-state index contributed by atoms with van der Waals surface area (Å²) in [6.45, 7) is 3.87. The highest BCUT2D eigenvalue weighted by Gasteiger charge is 2.30. The molecule has 0 amide bonds. The van der Waals surface area contributed by atoms with Gasteiger partial charge in [-0.3, -0.25) is 0 Å². The zero-order valence-corrected chi connectivity index (χ0v) is 15.9. The molecule has 0 aliphatic carbocycles. The molecule has 0 fully saturated rings. The third-order valence-electron chi connectivity index (χ3n) is 4.50. The molecule has 0 radical (unpaired) electrons. The molecule has 0 N–H and O–H groups in total. The van der Waals surface area contributed by atoms with Gasteiger partial charge in [0.25, 0.3) is 0 Å². The Morgan fingerprint density at radius 1 is 1.04 bits per heavy atom. The van der Waals surface area contributed by atoms with Gasteiger partial charge in [0.15, 0.2) is 0 Å². The van der Waals surface area contributed by atoms with Crippen LogP contribution in [0.1, 0.15) is 28.1 Å². The molecule has 28 heavy (non-hydrogen) atoms. The second-order valence-electron chi connectivity index (χ2n) is 6.38. The van der Waals surface area contributed by atoms with Gasteiger partial charge < -0.3 is 4.57 Å². The van der Waals surface area contributed by atoms with E-state index in [1.807, 2.05) is 36.6 Å². The van der Waals surface area contributed by atoms with Crippen molar-refractivity contribution in [3.8, 4) is 11.8 Å². The van der Waals surface area contributed by atoms with Crippen molar-refractivity contribution in [2.75, 3.05) is 0 Å². The average Bonchev–Trinajstić information content (AvgIpc) is 2.93. The van der Waals surface area contributed by atoms with Crippen molar-refractivity contribution in [3.05, 3.63) is 87.7 Å². The highest BCUT2D eigenvalue weighted by Crippen LogP contribution is 2.31. The number of hydrogen-bond donors (Lipinski definition) is 0. The van der Waals surface area contributed by atoms with E-state index in [0.717, 1.165) is 34.8 Å². The van der Waals surface area contributed by atoms with Gasteiger partial charge in [0.05, 0.1) is 17.2 Å². The Balaban J connectivity index is 2.01. The predicted molar refractivity (Wildman–Crippen MR) is 105 cm³/mol. The predicted octanol–water partition coefficient (Wildman–Crippen LogP) is 6.83. The molecule has 2 nitrogen and oxygen atoms in total. The van der Waals surface area contributed by atoms with Crippen LogP contribution < -0.4 is 0 Å². The van der Waals surface area contributed by atoms with E-state index in [1.165, 1.54) is 12.1 Å². The number of allylic oxidation sites excluding steroid dienone is 1. The first kappa shape index (κ1) is 19.8. The lowest BCUT2D eigenvalue weighted by Crippen LogP contribution is -2.04. The second kappa shape index (κ2) is 7.57. The Bertz CT molecular complexity index is 1070. The second-order valence-corrected chi connectivity index (χ2v) is 6.82. The first-order valence-corrected chi connectivity index (χ1v) is 8.83. The van der Waals surface area contributed by atoms with E-state index in [2.05, 4.69) is 6.07 Å². The molecule has 3 rings (SSSR count). The number of nitrogens with zero attached hydrogens (tertiary/aromatic N) is 2. The number of rotatable bonds is 3. The maximum atomic E-state index is 12.7. The van der Waals surface area contributed by atoms with Crippen LogP contribution in [0.15, 0.2) is 54.6 Å². The molecule has 0 atom stereocenters. The van der Waals surface area contributed by atoms with Crippen molar-refractivity contribution < 1.29 is 13.2 Å². The third-order valence-corrected chi connectivity index (χ3v) is 4.75. The van der Waals surface area contributed by atoms with E-state index in [1.54, 1.807) is 18.2 Å². The minimum absolute atomic E-state index is 0.296. The van der Waals surface area contributed by atoms with Crippen molar-refractivity contribution in [2.24, 2.45) is 0 Å². The molecule has 0 saturated carbocycles. The first-order valence-electron chi connectivity index (χ1n) is 8.45. The SMILES string of the molecule is Cc1cc(/C=C(/C#N)c2ccc(C(F)(F)F)cc2)c(C)n1-c1ccc(Cl)cc1. The molecule has 0 saturated heterocycles. The van der Waals surface area contributed by atoms with E-state index < -0.39 is 11.7 Å². The molecule has 1 heterocycles. The van der Waals surface area contributed by atoms with E-state index in [4.69, 9.17) is 11.6 Å². The highest BCUT2D eigenvalue weighted by molar-refractivity contribution is 6.30. The Labute approximate surface area is 166 Å². The van der Waals surface area contributed by atoms with Gasteiger partial charge in [-0.25, -0.2) is 0 Å². The molecular formula is C22H16ClF3N2. The number of aryl methyl sites for hydroxylation is 1. The number of alkyl halides is 3. The van der Waals surface area contributed by atoms with Crippen molar-refractivity contribution in [1.29, 1.82) is 5.26 Å². The Morgan fingerprint density at radius 3 is 2.18 bits per heavy atom. The number of halogens is 4. The summed E-state index contributed by atoms with van der Waals surface area (Å²) in [4.78, 5) is 0. The summed E-state index contributed by atoms with van der Waals surface area (Å²) in [7, 11) is 0. The lowest BCUT2D eigenvalue weighted by molar-refractivity contribution is -0.137. The van der Waals surface area contributed by atoms with Crippen LogP contribution in [0.3, 0.4) is 0 Å². The van der Waals surface area contributed by atoms with Gasteiger partial charge in [-0.15, -0.1) is 0 Å². The summed E-state index contributed by atoms with van der Waals surface area (Å²) in [5.74, 6) is 0. The van der Waals surface area contributed by atoms with Gasteiger partial charge in [0.1, 0.15) is 0 Å². The molecule has 6 heteroatoms. The van der Waals surface area contributed by atoms with Crippen LogP contribution in [0.25, 0.3) is 17.3 Å². The van der Waals surface area contributed by atoms with Crippen LogP contribution >= 0.6 is 11.6 Å². The smallest absolute Gasteiger partial charge is 0.318 e. The van der Waals surface area contributed by atoms with Crippen LogP contribution in [-0.2, 0) is 6.18 Å². The molecule has 0 unspecified atom stereocenters. The highest BCUT2D eigenvalue weighted by atomic mass is 35.5. The fourth-order valence-electron chi connectivity index (χ4n) is 3.10. The number of nitriles is 1. The van der Waals surface area contributed by atoms with Gasteiger partial charge in [-0.1, -0.05) is 23.7 Å². The van der Waals surface area contributed by atoms with Crippen LogP contribution in [0.5, 0.6) is 0 Å². The van der Waals surface area contributed by atoms with Gasteiger partial charge in [0, 0.05) is 22.1 Å². The maximum Gasteiger partial charge on any atom is 0.416 e. The molecule has 0 aliphatic heterocycles. The zero-order valence-electron chi connectivity index (χ0n) is 15.2. The van der Waals surface area contributed by atoms with Crippen LogP contribution in [0.4, 0.5) is 13.2 Å². The maximum absolute atomic E-state index is 12.7. The van der Waals surface area contributed by atoms with Crippen molar-refractivity contribution in [2.45, 2.75) is 20.0 Å². The minimum atomic E-state index is -4.40. The minimum Gasteiger partial charge on any atom is -0.318 e. The fourth-order valence-corrected chi connectivity index (χ4v) is 3.22. The van der Waals surface area contributed by atoms with Crippen molar-refractivity contribution in [1.82, 2.24) is 4.57 Å². The fraction of sp³-hybridized carbons (Fsp3) is 0.136. The lowest BCUT2D eigenvalue weighted by atomic mass is 10.0. The molecule has 3 aromatic rings. The van der Waals surface area contributed by atoms with E-state index in [9.17, 15) is 18.4 Å². The number of benzene rings is 2. The summed E-state index contributed by atoms with van der Waals surface area (Å²) < 4.78 is 40.3. The number of aromatic nitrogens is 1. The summed E-state index contributed by atoms with van der Waals surface area (Å²) >= 11 is 5.95. The standard InChI is InChI=1S/C22H16ClF3N2/c1-14-11-17(15(2)28(14)21-9-7-20(23)8-10-21)12-18(13-27)16-3-5-19(6-4-16)22(24,25)26/h3-12H,1-2H3/b18-12-. The lowest BCUT2D eigenvalue weighted by Gasteiger charge is -2.10. The zero-order chi connectivity index (χ0) is 20.5. The molecular weight excluding hydrogens is 385 g/mol. The summed E-state index contributed by atoms with van der Waals surface area (Å²) in [5.41, 5.74) is 3.64. The average molecular weight is 401 g/mol. The molecule has 2 aromatic carbocycles. The Hall–Kier alpha value is -2.97. The van der Waals surface area contributed by atoms with Gasteiger partial charge >= 0.3 is 6.18 Å². The van der Waals surface area contributed by atoms with Gasteiger partial charge in [-0.05, 0) is 73.5 Å². The summed E-state index contributed by atoms with van der Waals surface area (Å²) in [5, 5.41) is 10.2. The van der Waals surface area contributed by atoms with Crippen LogP contribution in [0.2, 0.25) is 5.02 Å². The molecule has 142 valence electrons. The Kier molecular flexibility index (Phi) is 5.35. The largest absolute Gasteiger partial charge is 0.416 e. The monoisotopic (exact) mass is 400 g/mol. The van der Waals surface area contributed by atoms with Crippen LogP contribution in [0, 0.1) is 25.2 Å². The molecule has 0 spiro atoms. The number of hydrogen-bond acceptors (Lipinski definition) is 1. The summed E-state index contributed by atoms with van der Waals surface area (Å²) in [6.07, 6.45) is -2.71. The van der Waals surface area contributed by atoms with Crippen molar-refractivity contribution in [3.63, 3.8) is 0 Å². The molecule has 0 aliphatic rings. The van der Waals surface area contributed by atoms with E-state index in [-0.39, 0.29) is 0 Å². The van der Waals surface area contributed by atoms with Crippen molar-refractivity contribution >= 4 is 23.3 Å². The topological polar surface area (TPSA) is 28.7 Å². The summed E-state index contributed by atoms with van der Waals surface area (Å²) in [6, 6.07) is 16.0. The van der Waals surface area contributed by atoms with Gasteiger partial charge in [-0.2, -0.15) is 18.4 Å². The van der Waals surface area contributed by atoms with Gasteiger partial charge in [0.2, 0.25) is 0 Å².